The van der Waals surface area contributed by atoms with Crippen molar-refractivity contribution in [2.45, 2.75) is 0 Å². The van der Waals surface area contributed by atoms with Crippen LogP contribution in [0.4, 0.5) is 0 Å². The van der Waals surface area contributed by atoms with Crippen LogP contribution in [0.3, 0.4) is 0 Å². The van der Waals surface area contributed by atoms with Crippen LogP contribution in [0, 0.1) is 0 Å². The van der Waals surface area contributed by atoms with Crippen LogP contribution in [-0.4, -0.2) is 47.6 Å². The molecule has 54 heavy (non-hydrogen) atoms. The van der Waals surface area contributed by atoms with Crippen molar-refractivity contribution in [3.63, 3.8) is 0 Å². The van der Waals surface area contributed by atoms with E-state index in [-0.39, 0.29) is 0 Å². The number of nitrogens with zero attached hydrogens (tertiary/aromatic N) is 4. The van der Waals surface area contributed by atoms with E-state index in [0.29, 0.717) is 0 Å². The Hall–Kier alpha value is -5.30. The van der Waals surface area contributed by atoms with Crippen LogP contribution < -0.4 is 10.7 Å². The van der Waals surface area contributed by atoms with Gasteiger partial charge in [0.05, 0.1) is 0 Å². The zero-order valence-corrected chi connectivity index (χ0v) is 33.7. The fourth-order valence-electron chi connectivity index (χ4n) is 8.22. The van der Waals surface area contributed by atoms with Gasteiger partial charge in [-0.3, -0.25) is 0 Å². The summed E-state index contributed by atoms with van der Waals surface area (Å²) in [4.78, 5) is 11.0. The summed E-state index contributed by atoms with van der Waals surface area (Å²) in [5.41, 5.74) is 13.3. The van der Waals surface area contributed by atoms with E-state index >= 15 is 0 Å². The van der Waals surface area contributed by atoms with Gasteiger partial charge in [0.2, 0.25) is 0 Å². The van der Waals surface area contributed by atoms with Crippen molar-refractivity contribution in [2.75, 3.05) is 14.2 Å². The van der Waals surface area contributed by atoms with Gasteiger partial charge in [-0.15, -0.1) is 0 Å². The van der Waals surface area contributed by atoms with Gasteiger partial charge in [0.1, 0.15) is 0 Å². The van der Waals surface area contributed by atoms with E-state index in [1.807, 2.05) is 24.3 Å². The number of hydrogen-bond donors (Lipinski definition) is 0. The average molecular weight is 876 g/mol. The molecule has 0 spiro atoms. The summed E-state index contributed by atoms with van der Waals surface area (Å²) in [5, 5.41) is 1.83. The third kappa shape index (κ3) is 4.79. The molecule has 6 bridgehead atoms. The molecule has 0 radical (unpaired) electrons. The number of halogens is 1. The Labute approximate surface area is 322 Å². The van der Waals surface area contributed by atoms with E-state index in [0.717, 1.165) is 89.4 Å². The molecule has 10 rings (SSSR count). The number of aliphatic imine (C=N–C) groups is 2. The zero-order valence-electron chi connectivity index (χ0n) is 29.6. The summed E-state index contributed by atoms with van der Waals surface area (Å²) in [7, 11) is 3.56. The molecule has 6 aromatic rings. The molecule has 0 atom stereocenters. The quantitative estimate of drug-likeness (QED) is 0.159. The van der Waals surface area contributed by atoms with Crippen molar-refractivity contribution in [1.82, 2.24) is 5.45 Å². The van der Waals surface area contributed by atoms with E-state index in [4.69, 9.17) is 16.0 Å². The summed E-state index contributed by atoms with van der Waals surface area (Å²) < 4.78 is 19.1. The Bertz CT molecular complexity index is 2660. The molecule has 0 saturated carbocycles. The molecule has 6 nitrogen and oxygen atoms in total. The zero-order chi connectivity index (χ0) is 36.5. The van der Waals surface area contributed by atoms with E-state index in [2.05, 4.69) is 164 Å². The van der Waals surface area contributed by atoms with Gasteiger partial charge in [-0.1, -0.05) is 0 Å². The molecule has 4 aliphatic rings. The second-order valence-electron chi connectivity index (χ2n) is 13.4. The monoisotopic (exact) mass is 874 g/mol. The first-order valence-corrected chi connectivity index (χ1v) is 27.9. The molecule has 0 saturated heterocycles. The predicted molar refractivity (Wildman–Crippen MR) is 224 cm³/mol. The molecule has 0 fully saturated rings. The van der Waals surface area contributed by atoms with E-state index in [9.17, 15) is 0 Å². The van der Waals surface area contributed by atoms with Crippen molar-refractivity contribution >= 4 is 62.9 Å². The first-order chi connectivity index (χ1) is 26.5. The Kier molecular flexibility index (Phi) is 7.79. The van der Waals surface area contributed by atoms with Gasteiger partial charge in [-0.2, -0.15) is 0 Å². The van der Waals surface area contributed by atoms with Crippen LogP contribution in [-0.2, 0) is 6.03 Å². The molecule has 8 heteroatoms. The molecule has 4 aliphatic heterocycles. The SMILES string of the molecule is C[O][Sb]1([Br])([O]C)[n]2c3ccc2C(c2ccccc2)=C2C=CC(=N2)C(c2ccccc2)=c2ccc([n]21)=C(c1ccccc1)C1=NC(=C3c2ccccc2)C=C1. The Morgan fingerprint density at radius 3 is 1.13 bits per heavy atom. The summed E-state index contributed by atoms with van der Waals surface area (Å²) in [6.07, 6.45) is 8.56. The summed E-state index contributed by atoms with van der Waals surface area (Å²) in [6, 6.07) is 50.7. The third-order valence-electron chi connectivity index (χ3n) is 10.6. The molecule has 6 heterocycles. The van der Waals surface area contributed by atoms with Crippen molar-refractivity contribution in [2.24, 2.45) is 9.98 Å². The normalized spacial score (nSPS) is 18.3. The number of aromatic nitrogens is 2. The van der Waals surface area contributed by atoms with Gasteiger partial charge in [0.25, 0.3) is 0 Å². The molecule has 2 aromatic heterocycles. The predicted octanol–water partition coefficient (Wildman–Crippen LogP) is 8.23. The molecule has 0 amide bonds. The van der Waals surface area contributed by atoms with E-state index < -0.39 is 16.5 Å². The summed E-state index contributed by atoms with van der Waals surface area (Å²) in [5.74, 6) is 0. The van der Waals surface area contributed by atoms with Gasteiger partial charge >= 0.3 is 324 Å². The number of benzene rings is 4. The van der Waals surface area contributed by atoms with Crippen LogP contribution in [0.15, 0.2) is 191 Å². The average Bonchev–Trinajstić information content (AvgIpc) is 4.06. The third-order valence-corrected chi connectivity index (χ3v) is 28.4. The molecule has 0 N–H and O–H groups in total. The number of rotatable bonds is 6. The van der Waals surface area contributed by atoms with Crippen molar-refractivity contribution in [3.8, 4) is 0 Å². The molecule has 262 valence electrons. The van der Waals surface area contributed by atoms with Gasteiger partial charge in [-0.25, -0.2) is 0 Å². The fourth-order valence-corrected chi connectivity index (χ4v) is 21.5. The van der Waals surface area contributed by atoms with Crippen LogP contribution in [0.5, 0.6) is 0 Å². The van der Waals surface area contributed by atoms with Crippen molar-refractivity contribution in [1.29, 1.82) is 0 Å². The summed E-state index contributed by atoms with van der Waals surface area (Å²) in [6.45, 7) is 0. The van der Waals surface area contributed by atoms with E-state index in [1.165, 1.54) is 0 Å². The minimum atomic E-state index is -5.79. The minimum absolute atomic E-state index is 0.858. The van der Waals surface area contributed by atoms with E-state index in [1.54, 1.807) is 14.2 Å². The van der Waals surface area contributed by atoms with Crippen molar-refractivity contribution < 1.29 is 6.03 Å². The molecular formula is C46H34BrN4O2Sb. The summed E-state index contributed by atoms with van der Waals surface area (Å²) >= 11 is -1.24. The second kappa shape index (κ2) is 12.6. The standard InChI is InChI=1S/C44H28N4.2CH3O.BrH.Sb/c1-5-13-29(14-6-1)41-33-21-23-35(45-33)42(30-15-7-2-8-16-30)37-25-27-39(47-37)44(32-19-11-4-12-20-32)40-28-26-38(48-40)43(31-17-9-3-10-18-31)36-24-22-34(41)46-36;2*1-2;;/h1-28H;2*1H3;1H;/q-2;2*-1;;+5/p-1. The van der Waals surface area contributed by atoms with Gasteiger partial charge in [0, 0.05) is 0 Å². The van der Waals surface area contributed by atoms with Crippen LogP contribution in [0.1, 0.15) is 33.6 Å². The topological polar surface area (TPSA) is 53.0 Å². The molecular weight excluding hydrogens is 842 g/mol. The van der Waals surface area contributed by atoms with Gasteiger partial charge in [-0.05, 0) is 0 Å². The fraction of sp³-hybridized carbons (Fsp3) is 0.0435. The molecule has 0 unspecified atom stereocenters. The van der Waals surface area contributed by atoms with Crippen molar-refractivity contribution in [3.05, 3.63) is 226 Å². The molecule has 4 aromatic carbocycles. The number of fused-ring (bicyclic) bond motifs is 2. The molecule has 0 aliphatic carbocycles. The maximum absolute atomic E-state index is 7.22. The Morgan fingerprint density at radius 2 is 0.778 bits per heavy atom. The Morgan fingerprint density at radius 1 is 0.426 bits per heavy atom. The first kappa shape index (κ1) is 33.3. The Balaban J connectivity index is 1.54. The van der Waals surface area contributed by atoms with Gasteiger partial charge < -0.3 is 0 Å². The van der Waals surface area contributed by atoms with Crippen LogP contribution >= 0.6 is 12.6 Å². The number of allylic oxidation sites excluding steroid dienone is 4. The van der Waals surface area contributed by atoms with Gasteiger partial charge in [0.15, 0.2) is 0 Å². The number of hydrogen-bond acceptors (Lipinski definition) is 4. The second-order valence-corrected chi connectivity index (χ2v) is 30.3. The van der Waals surface area contributed by atoms with Crippen LogP contribution in [0.25, 0.3) is 22.3 Å². The first-order valence-electron chi connectivity index (χ1n) is 17.8. The van der Waals surface area contributed by atoms with Crippen LogP contribution in [0.2, 0.25) is 0 Å². The maximum atomic E-state index is 7.22.